The number of carbonyl (C=O) groups excluding carboxylic acids is 3. The van der Waals surface area contributed by atoms with Gasteiger partial charge in [0.15, 0.2) is 6.10 Å². The molecular weight excluding hydrogens is 638 g/mol. The molecule has 0 unspecified atom stereocenters. The predicted molar refractivity (Wildman–Crippen MR) is 192 cm³/mol. The zero-order valence-electron chi connectivity index (χ0n) is 31.1. The first kappa shape index (κ1) is 39.9. The van der Waals surface area contributed by atoms with Gasteiger partial charge in [-0.2, -0.15) is 0 Å². The van der Waals surface area contributed by atoms with E-state index in [1.807, 2.05) is 45.1 Å². The van der Waals surface area contributed by atoms with E-state index in [2.05, 4.69) is 11.8 Å². The van der Waals surface area contributed by atoms with Crippen LogP contribution in [0.3, 0.4) is 0 Å². The van der Waals surface area contributed by atoms with E-state index in [1.54, 1.807) is 22.8 Å². The third-order valence-corrected chi connectivity index (χ3v) is 10.9. The molecule has 11 heteroatoms. The number of likely N-dealkylation sites (tertiary alicyclic amines) is 1. The predicted octanol–water partition coefficient (Wildman–Crippen LogP) is 5.85. The first-order valence-electron chi connectivity index (χ1n) is 19.1. The van der Waals surface area contributed by atoms with Gasteiger partial charge in [-0.05, 0) is 63.5 Å². The Labute approximate surface area is 299 Å². The molecule has 0 spiro atoms. The van der Waals surface area contributed by atoms with E-state index in [9.17, 15) is 24.6 Å². The highest BCUT2D eigenvalue weighted by Crippen LogP contribution is 2.28. The Morgan fingerprint density at radius 1 is 1.00 bits per heavy atom. The number of cyclic esters (lactones) is 1. The smallest absolute Gasteiger partial charge is 0.410 e. The number of allylic oxidation sites excluding steroid dienone is 2. The fourth-order valence-corrected chi connectivity index (χ4v) is 7.47. The fourth-order valence-electron chi connectivity index (χ4n) is 7.47. The molecule has 4 aliphatic rings. The molecule has 11 nitrogen and oxygen atoms in total. The van der Waals surface area contributed by atoms with E-state index in [0.717, 1.165) is 38.2 Å². The summed E-state index contributed by atoms with van der Waals surface area (Å²) in [4.78, 5) is 44.7. The molecule has 0 aromatic rings. The second kappa shape index (κ2) is 19.1. The van der Waals surface area contributed by atoms with Crippen LogP contribution in [0.4, 0.5) is 9.59 Å². The quantitative estimate of drug-likeness (QED) is 0.110. The molecule has 1 aliphatic carbocycles. The van der Waals surface area contributed by atoms with E-state index in [1.165, 1.54) is 38.5 Å². The van der Waals surface area contributed by atoms with Crippen molar-refractivity contribution in [3.63, 3.8) is 0 Å². The van der Waals surface area contributed by atoms with Crippen molar-refractivity contribution in [1.82, 2.24) is 14.7 Å². The number of rotatable bonds is 7. The summed E-state index contributed by atoms with van der Waals surface area (Å²) in [5, 5.41) is 22.2. The van der Waals surface area contributed by atoms with Crippen LogP contribution in [0.5, 0.6) is 0 Å². The van der Waals surface area contributed by atoms with E-state index in [4.69, 9.17) is 14.2 Å². The lowest BCUT2D eigenvalue weighted by Gasteiger charge is -2.40. The molecule has 2 amide bonds. The normalized spacial score (nSPS) is 32.8. The van der Waals surface area contributed by atoms with Crippen LogP contribution in [0.2, 0.25) is 0 Å². The number of nitrogens with zero attached hydrogens (tertiary/aromatic N) is 3. The second-order valence-electron chi connectivity index (χ2n) is 15.6. The van der Waals surface area contributed by atoms with Crippen molar-refractivity contribution in [1.29, 1.82) is 0 Å². The Bertz CT molecular complexity index is 1200. The van der Waals surface area contributed by atoms with Crippen LogP contribution in [-0.2, 0) is 19.0 Å². The van der Waals surface area contributed by atoms with E-state index in [-0.39, 0.29) is 43.8 Å². The molecule has 0 aromatic heterocycles. The van der Waals surface area contributed by atoms with Gasteiger partial charge in [0.05, 0.1) is 19.1 Å². The zero-order chi connectivity index (χ0) is 36.3. The van der Waals surface area contributed by atoms with Gasteiger partial charge < -0.3 is 34.2 Å². The summed E-state index contributed by atoms with van der Waals surface area (Å²) >= 11 is 0. The van der Waals surface area contributed by atoms with Crippen molar-refractivity contribution in [2.24, 2.45) is 17.8 Å². The van der Waals surface area contributed by atoms with Crippen LogP contribution >= 0.6 is 0 Å². The summed E-state index contributed by atoms with van der Waals surface area (Å²) in [5.41, 5.74) is -0.686. The molecule has 3 fully saturated rings. The highest BCUT2D eigenvalue weighted by molar-refractivity contribution is 5.70. The maximum atomic E-state index is 13.4. The molecule has 2 saturated heterocycles. The van der Waals surface area contributed by atoms with Crippen molar-refractivity contribution < 1.29 is 38.8 Å². The average Bonchev–Trinajstić information content (AvgIpc) is 3.34. The van der Waals surface area contributed by atoms with Gasteiger partial charge in [-0.25, -0.2) is 9.59 Å². The molecule has 0 aromatic carbocycles. The molecule has 0 bridgehead atoms. The number of hydrogen-bond donors (Lipinski definition) is 2. The number of esters is 1. The number of ether oxygens (including phenoxy) is 3. The van der Waals surface area contributed by atoms with Crippen molar-refractivity contribution in [3.05, 3.63) is 36.0 Å². The molecular formula is C39H63N3O8. The Hall–Kier alpha value is -2.89. The fraction of sp³-hybridized carbons (Fsp3) is 0.769. The number of aliphatic hydroxyl groups excluding tert-OH is 1. The monoisotopic (exact) mass is 701 g/mol. The lowest BCUT2D eigenvalue weighted by molar-refractivity contribution is -0.151. The topological polar surface area (TPSA) is 129 Å². The maximum Gasteiger partial charge on any atom is 0.410 e. The van der Waals surface area contributed by atoms with E-state index >= 15 is 0 Å². The van der Waals surface area contributed by atoms with E-state index in [0.29, 0.717) is 25.0 Å². The summed E-state index contributed by atoms with van der Waals surface area (Å²) in [6, 6.07) is 0.588. The second-order valence-corrected chi connectivity index (χ2v) is 15.6. The van der Waals surface area contributed by atoms with Crippen LogP contribution in [0.1, 0.15) is 98.8 Å². The maximum absolute atomic E-state index is 13.4. The molecule has 50 heavy (non-hydrogen) atoms. The number of amides is 2. The van der Waals surface area contributed by atoms with Crippen molar-refractivity contribution in [2.45, 2.75) is 129 Å². The zero-order valence-corrected chi connectivity index (χ0v) is 31.1. The van der Waals surface area contributed by atoms with Crippen molar-refractivity contribution in [3.8, 4) is 0 Å². The van der Waals surface area contributed by atoms with Gasteiger partial charge in [-0.15, -0.1) is 0 Å². The lowest BCUT2D eigenvalue weighted by Crippen LogP contribution is -2.53. The van der Waals surface area contributed by atoms with Crippen LogP contribution in [0, 0.1) is 17.8 Å². The molecule has 1 saturated carbocycles. The van der Waals surface area contributed by atoms with Crippen LogP contribution in [0.25, 0.3) is 0 Å². The Morgan fingerprint density at radius 3 is 2.36 bits per heavy atom. The first-order chi connectivity index (χ1) is 23.8. The molecule has 3 aliphatic heterocycles. The third-order valence-electron chi connectivity index (χ3n) is 10.9. The summed E-state index contributed by atoms with van der Waals surface area (Å²) in [6.45, 7) is 14.0. The van der Waals surface area contributed by atoms with Gasteiger partial charge in [-0.1, -0.05) is 70.8 Å². The molecule has 7 atom stereocenters. The van der Waals surface area contributed by atoms with Gasteiger partial charge in [0.25, 0.3) is 0 Å². The first-order valence-corrected chi connectivity index (χ1v) is 19.1. The van der Waals surface area contributed by atoms with Gasteiger partial charge in [-0.3, -0.25) is 9.69 Å². The standard InChI is InChI=1S/C39H63N3O8/c1-28-18-20-42(26-28)37(45)48-27-29(2)11-10-12-30(3)36-31(4)15-16-34(39(5,47)19-17-33(43)25-35(44)50-36)49-38(46)41-23-21-40(22-24-41)32-13-8-6-7-9-14-32/h10-12,15-16,28-29,31-34,36,43,47H,6-9,13-14,17-27H2,1-5H3/b11-10+,16-15+,30-12+/t28-,29-,31+,33-,34+,36-,39-/m1/s1. The molecule has 3 heterocycles. The van der Waals surface area contributed by atoms with Crippen molar-refractivity contribution in [2.75, 3.05) is 45.9 Å². The summed E-state index contributed by atoms with van der Waals surface area (Å²) in [5.74, 6) is -0.385. The summed E-state index contributed by atoms with van der Waals surface area (Å²) < 4.78 is 17.4. The third kappa shape index (κ3) is 12.1. The number of hydrogen-bond acceptors (Lipinski definition) is 9. The lowest BCUT2D eigenvalue weighted by atomic mass is 9.89. The Morgan fingerprint density at radius 2 is 1.70 bits per heavy atom. The minimum Gasteiger partial charge on any atom is -0.457 e. The van der Waals surface area contributed by atoms with Crippen LogP contribution in [0.15, 0.2) is 36.0 Å². The minimum atomic E-state index is -1.46. The minimum absolute atomic E-state index is 0.0215. The number of aliphatic hydroxyl groups is 2. The largest absolute Gasteiger partial charge is 0.457 e. The number of carbonyl (C=O) groups is 3. The average molecular weight is 702 g/mol. The van der Waals surface area contributed by atoms with Gasteiger partial charge in [0.2, 0.25) is 0 Å². The van der Waals surface area contributed by atoms with Crippen LogP contribution in [-0.4, -0.2) is 119 Å². The molecule has 2 N–H and O–H groups in total. The Kier molecular flexibility index (Phi) is 15.2. The summed E-state index contributed by atoms with van der Waals surface area (Å²) in [6.07, 6.45) is 14.5. The van der Waals surface area contributed by atoms with E-state index < -0.39 is 36.0 Å². The highest BCUT2D eigenvalue weighted by atomic mass is 16.6. The molecule has 282 valence electrons. The van der Waals surface area contributed by atoms with Gasteiger partial charge in [0, 0.05) is 57.1 Å². The number of piperazine rings is 1. The molecule has 4 rings (SSSR count). The van der Waals surface area contributed by atoms with Crippen LogP contribution < -0.4 is 0 Å². The van der Waals surface area contributed by atoms with Gasteiger partial charge in [0.1, 0.15) is 11.7 Å². The highest BCUT2D eigenvalue weighted by Gasteiger charge is 2.37. The van der Waals surface area contributed by atoms with Gasteiger partial charge >= 0.3 is 18.2 Å². The Balaban J connectivity index is 1.39. The molecule has 0 radical (unpaired) electrons. The SMILES string of the molecule is C/C(=C\C=C\[C@@H](C)COC(=O)N1CC[C@@H](C)C1)[C@H]1OC(=O)C[C@H](O)CC[C@@](C)(O)[C@@H](OC(=O)N2CCN(C3CCCCCC3)CC2)/C=C/[C@@H]1C. The summed E-state index contributed by atoms with van der Waals surface area (Å²) in [7, 11) is 0. The van der Waals surface area contributed by atoms with Crippen molar-refractivity contribution >= 4 is 18.2 Å².